The van der Waals surface area contributed by atoms with E-state index in [4.69, 9.17) is 4.42 Å². The molecule has 0 amide bonds. The molecule has 1 saturated carbocycles. The second-order valence-electron chi connectivity index (χ2n) is 8.23. The van der Waals surface area contributed by atoms with Gasteiger partial charge in [-0.1, -0.05) is 24.3 Å². The second-order valence-corrected chi connectivity index (χ2v) is 9.91. The van der Waals surface area contributed by atoms with Gasteiger partial charge < -0.3 is 4.42 Å². The van der Waals surface area contributed by atoms with E-state index in [9.17, 15) is 13.2 Å². The summed E-state index contributed by atoms with van der Waals surface area (Å²) >= 11 is 0. The number of rotatable bonds is 5. The first-order valence-corrected chi connectivity index (χ1v) is 11.4. The first-order chi connectivity index (χ1) is 14.3. The molecule has 2 atom stereocenters. The first-order valence-electron chi connectivity index (χ1n) is 9.92. The summed E-state index contributed by atoms with van der Waals surface area (Å²) in [6.45, 7) is 4.24. The van der Waals surface area contributed by atoms with Gasteiger partial charge in [0.15, 0.2) is 5.58 Å². The summed E-state index contributed by atoms with van der Waals surface area (Å²) in [4.78, 5) is 12.5. The zero-order chi connectivity index (χ0) is 21.0. The van der Waals surface area contributed by atoms with Crippen LogP contribution in [0.2, 0.25) is 0 Å². The van der Waals surface area contributed by atoms with Crippen molar-refractivity contribution in [3.8, 4) is 0 Å². The summed E-state index contributed by atoms with van der Waals surface area (Å²) in [5.41, 5.74) is 4.35. The molecule has 2 unspecified atom stereocenters. The maximum Gasteiger partial charge on any atom is 0.420 e. The molecule has 2 aliphatic rings. The standard InChI is InChI=1S/C23H22N2O4S/c1-14-7-15(2)9-19(8-14)24-30(27,28)20-5-6-21-22(12-20)29-23(26)25(21)13-16-3-4-17-11-18(17)10-16/h3-10,12,17-18,24H,11,13H2,1-2H3. The maximum atomic E-state index is 12.9. The monoisotopic (exact) mass is 422 g/mol. The van der Waals surface area contributed by atoms with Crippen molar-refractivity contribution in [1.82, 2.24) is 4.57 Å². The highest BCUT2D eigenvalue weighted by molar-refractivity contribution is 7.92. The summed E-state index contributed by atoms with van der Waals surface area (Å²) in [7, 11) is -3.81. The Bertz CT molecular complexity index is 1370. The van der Waals surface area contributed by atoms with Gasteiger partial charge >= 0.3 is 5.76 Å². The molecule has 0 saturated heterocycles. The minimum absolute atomic E-state index is 0.0488. The van der Waals surface area contributed by atoms with E-state index in [1.165, 1.54) is 18.6 Å². The van der Waals surface area contributed by atoms with Gasteiger partial charge in [0.05, 0.1) is 17.0 Å². The van der Waals surface area contributed by atoms with Crippen LogP contribution < -0.4 is 10.5 Å². The van der Waals surface area contributed by atoms with Crippen molar-refractivity contribution in [1.29, 1.82) is 0 Å². The molecule has 1 fully saturated rings. The van der Waals surface area contributed by atoms with Crippen molar-refractivity contribution < 1.29 is 12.8 Å². The number of hydrogen-bond donors (Lipinski definition) is 1. The summed E-state index contributed by atoms with van der Waals surface area (Å²) in [6.07, 6.45) is 7.64. The van der Waals surface area contributed by atoms with E-state index in [2.05, 4.69) is 23.0 Å². The number of allylic oxidation sites excluding steroid dienone is 4. The van der Waals surface area contributed by atoms with Crippen LogP contribution in [0.3, 0.4) is 0 Å². The average Bonchev–Trinajstić information content (AvgIpc) is 3.37. The smallest absolute Gasteiger partial charge is 0.408 e. The Balaban J connectivity index is 1.46. The highest BCUT2D eigenvalue weighted by Gasteiger charge is 2.35. The van der Waals surface area contributed by atoms with Crippen molar-refractivity contribution >= 4 is 26.8 Å². The van der Waals surface area contributed by atoms with Gasteiger partial charge in [0, 0.05) is 11.8 Å². The largest absolute Gasteiger partial charge is 0.420 e. The molecule has 0 aliphatic heterocycles. The van der Waals surface area contributed by atoms with E-state index in [1.807, 2.05) is 19.9 Å². The SMILES string of the molecule is Cc1cc(C)cc(NS(=O)(=O)c2ccc3c(c2)oc(=O)n3CC2=CC3CC3C=C2)c1. The van der Waals surface area contributed by atoms with Crippen LogP contribution in [0.1, 0.15) is 17.5 Å². The Kier molecular flexibility index (Phi) is 4.25. The molecule has 1 aromatic heterocycles. The highest BCUT2D eigenvalue weighted by Crippen LogP contribution is 2.44. The average molecular weight is 423 g/mol. The van der Waals surface area contributed by atoms with Crippen LogP contribution in [0.4, 0.5) is 5.69 Å². The van der Waals surface area contributed by atoms with Crippen LogP contribution >= 0.6 is 0 Å². The van der Waals surface area contributed by atoms with Gasteiger partial charge in [-0.25, -0.2) is 13.2 Å². The van der Waals surface area contributed by atoms with E-state index in [0.717, 1.165) is 16.7 Å². The fourth-order valence-corrected chi connectivity index (χ4v) is 5.18. The number of nitrogens with one attached hydrogen (secondary N) is 1. The molecule has 3 aromatic rings. The van der Waals surface area contributed by atoms with E-state index in [1.54, 1.807) is 22.8 Å². The van der Waals surface area contributed by atoms with E-state index < -0.39 is 15.8 Å². The van der Waals surface area contributed by atoms with Crippen molar-refractivity contribution in [2.24, 2.45) is 11.8 Å². The summed E-state index contributed by atoms with van der Waals surface area (Å²) in [5, 5.41) is 0. The number of fused-ring (bicyclic) bond motifs is 2. The number of hydrogen-bond acceptors (Lipinski definition) is 4. The Hall–Kier alpha value is -3.06. The lowest BCUT2D eigenvalue weighted by molar-refractivity contribution is 0.516. The number of anilines is 1. The molecule has 5 rings (SSSR count). The molecule has 1 N–H and O–H groups in total. The normalized spacial score (nSPS) is 20.1. The Morgan fingerprint density at radius 2 is 1.87 bits per heavy atom. The van der Waals surface area contributed by atoms with Crippen LogP contribution in [-0.4, -0.2) is 13.0 Å². The Morgan fingerprint density at radius 3 is 2.60 bits per heavy atom. The fourth-order valence-electron chi connectivity index (χ4n) is 4.13. The zero-order valence-corrected chi connectivity index (χ0v) is 17.6. The zero-order valence-electron chi connectivity index (χ0n) is 16.8. The first kappa shape index (κ1) is 18.9. The third kappa shape index (κ3) is 3.50. The number of nitrogens with zero attached hydrogens (tertiary/aromatic N) is 1. The number of benzene rings is 2. The van der Waals surface area contributed by atoms with Crippen LogP contribution in [0, 0.1) is 25.7 Å². The lowest BCUT2D eigenvalue weighted by Crippen LogP contribution is -2.15. The Labute approximate surface area is 174 Å². The van der Waals surface area contributed by atoms with Gasteiger partial charge in [0.25, 0.3) is 10.0 Å². The van der Waals surface area contributed by atoms with Crippen LogP contribution in [0.5, 0.6) is 0 Å². The third-order valence-corrected chi connectivity index (χ3v) is 7.02. The second kappa shape index (κ2) is 6.74. The lowest BCUT2D eigenvalue weighted by Gasteiger charge is -2.10. The predicted molar refractivity (Wildman–Crippen MR) is 116 cm³/mol. The van der Waals surface area contributed by atoms with Crippen LogP contribution in [0.25, 0.3) is 11.1 Å². The van der Waals surface area contributed by atoms with Gasteiger partial charge in [-0.05, 0) is 73.1 Å². The molecule has 7 heteroatoms. The number of oxazole rings is 1. The van der Waals surface area contributed by atoms with Crippen molar-refractivity contribution in [2.75, 3.05) is 4.72 Å². The topological polar surface area (TPSA) is 81.3 Å². The van der Waals surface area contributed by atoms with E-state index in [0.29, 0.717) is 29.6 Å². The summed E-state index contributed by atoms with van der Waals surface area (Å²) in [5.74, 6) is 0.755. The van der Waals surface area contributed by atoms with Gasteiger partial charge in [-0.2, -0.15) is 0 Å². The van der Waals surface area contributed by atoms with E-state index in [-0.39, 0.29) is 10.5 Å². The molecular formula is C23H22N2O4S. The number of sulfonamides is 1. The molecule has 154 valence electrons. The predicted octanol–water partition coefficient (Wildman–Crippen LogP) is 4.14. The van der Waals surface area contributed by atoms with Gasteiger partial charge in [0.1, 0.15) is 0 Å². The Morgan fingerprint density at radius 1 is 1.10 bits per heavy atom. The third-order valence-electron chi connectivity index (χ3n) is 5.64. The molecule has 0 radical (unpaired) electrons. The molecule has 30 heavy (non-hydrogen) atoms. The van der Waals surface area contributed by atoms with Gasteiger partial charge in [-0.15, -0.1) is 0 Å². The minimum atomic E-state index is -3.81. The van der Waals surface area contributed by atoms with Gasteiger partial charge in [0.2, 0.25) is 0 Å². The van der Waals surface area contributed by atoms with Crippen molar-refractivity contribution in [3.63, 3.8) is 0 Å². The minimum Gasteiger partial charge on any atom is -0.408 e. The quantitative estimate of drug-likeness (QED) is 0.670. The highest BCUT2D eigenvalue weighted by atomic mass is 32.2. The molecular weight excluding hydrogens is 400 g/mol. The van der Waals surface area contributed by atoms with E-state index >= 15 is 0 Å². The van der Waals surface area contributed by atoms with Crippen LogP contribution in [-0.2, 0) is 16.6 Å². The van der Waals surface area contributed by atoms with Crippen molar-refractivity contribution in [3.05, 3.63) is 81.9 Å². The maximum absolute atomic E-state index is 12.9. The summed E-state index contributed by atoms with van der Waals surface area (Å²) < 4.78 is 35.2. The lowest BCUT2D eigenvalue weighted by atomic mass is 10.1. The molecule has 2 aromatic carbocycles. The molecule has 0 spiro atoms. The summed E-state index contributed by atoms with van der Waals surface area (Å²) in [6, 6.07) is 10.1. The molecule has 1 heterocycles. The molecule has 2 aliphatic carbocycles. The van der Waals surface area contributed by atoms with Crippen LogP contribution in [0.15, 0.2) is 74.3 Å². The van der Waals surface area contributed by atoms with Gasteiger partial charge in [-0.3, -0.25) is 9.29 Å². The van der Waals surface area contributed by atoms with Crippen molar-refractivity contribution in [2.45, 2.75) is 31.7 Å². The molecule has 6 nitrogen and oxygen atoms in total. The molecule has 0 bridgehead atoms. The number of aryl methyl sites for hydroxylation is 2. The number of aromatic nitrogens is 1. The fraction of sp³-hybridized carbons (Fsp3) is 0.261.